The number of para-hydroxylation sites is 1. The van der Waals surface area contributed by atoms with Gasteiger partial charge in [-0.15, -0.1) is 0 Å². The minimum atomic E-state index is -3.01. The van der Waals surface area contributed by atoms with Crippen LogP contribution in [0.2, 0.25) is 5.02 Å². The van der Waals surface area contributed by atoms with E-state index in [1.807, 2.05) is 0 Å². The molecule has 8 heteroatoms. The largest absolute Gasteiger partial charge is 0.479 e. The van der Waals surface area contributed by atoms with E-state index in [2.05, 4.69) is 0 Å². The summed E-state index contributed by atoms with van der Waals surface area (Å²) in [7, 11) is 0. The van der Waals surface area contributed by atoms with Gasteiger partial charge < -0.3 is 14.6 Å². The van der Waals surface area contributed by atoms with Gasteiger partial charge in [0.05, 0.1) is 0 Å². The summed E-state index contributed by atoms with van der Waals surface area (Å²) in [5, 5.41) is 10.8. The first kappa shape index (κ1) is 26.6. The lowest BCUT2D eigenvalue weighted by molar-refractivity contribution is -0.194. The number of esters is 1. The van der Waals surface area contributed by atoms with Gasteiger partial charge in [0, 0.05) is 24.3 Å². The first-order valence-electron chi connectivity index (χ1n) is 11.9. The molecule has 3 atom stereocenters. The zero-order valence-corrected chi connectivity index (χ0v) is 21.2. The van der Waals surface area contributed by atoms with Crippen LogP contribution in [0, 0.1) is 11.7 Å². The molecule has 0 radical (unpaired) electrons. The Bertz CT molecular complexity index is 1280. The highest BCUT2D eigenvalue weighted by Crippen LogP contribution is 2.55. The zero-order chi connectivity index (χ0) is 26.8. The molecule has 3 aromatic rings. The van der Waals surface area contributed by atoms with E-state index in [1.54, 1.807) is 54.6 Å². The van der Waals surface area contributed by atoms with E-state index in [4.69, 9.17) is 21.1 Å². The van der Waals surface area contributed by atoms with Crippen LogP contribution >= 0.6 is 11.6 Å². The second kappa shape index (κ2) is 10.5. The smallest absolute Gasteiger partial charge is 0.346 e. The first-order chi connectivity index (χ1) is 17.5. The van der Waals surface area contributed by atoms with Gasteiger partial charge in [0.25, 0.3) is 5.67 Å². The van der Waals surface area contributed by atoms with Crippen molar-refractivity contribution in [3.05, 3.63) is 94.8 Å². The highest BCUT2D eigenvalue weighted by atomic mass is 35.5. The van der Waals surface area contributed by atoms with Crippen molar-refractivity contribution in [3.8, 4) is 11.5 Å². The Morgan fingerprint density at radius 3 is 2.30 bits per heavy atom. The van der Waals surface area contributed by atoms with E-state index < -0.39 is 34.9 Å². The number of halogens is 3. The summed E-state index contributed by atoms with van der Waals surface area (Å²) in [6.45, 7) is 2.37. The number of ether oxygens (including phenoxy) is 2. The number of carbonyl (C=O) groups excluding carboxylic acids is 1. The molecule has 194 valence electrons. The summed E-state index contributed by atoms with van der Waals surface area (Å²) in [5.74, 6) is -4.32. The average molecular weight is 529 g/mol. The van der Waals surface area contributed by atoms with Gasteiger partial charge >= 0.3 is 11.9 Å². The third-order valence-electron chi connectivity index (χ3n) is 6.71. The molecule has 0 spiro atoms. The van der Waals surface area contributed by atoms with Gasteiger partial charge in [-0.05, 0) is 73.2 Å². The van der Waals surface area contributed by atoms with Gasteiger partial charge in [-0.25, -0.2) is 13.6 Å². The third-order valence-corrected chi connectivity index (χ3v) is 6.96. The number of carboxylic acid groups (broad SMARTS) is 1. The molecule has 0 unspecified atom stereocenters. The lowest BCUT2D eigenvalue weighted by Gasteiger charge is -2.44. The van der Waals surface area contributed by atoms with Crippen LogP contribution in [-0.4, -0.2) is 28.3 Å². The Labute approximate surface area is 219 Å². The van der Waals surface area contributed by atoms with Crippen molar-refractivity contribution in [2.24, 2.45) is 5.92 Å². The molecule has 5 nitrogen and oxygen atoms in total. The number of hydrogen-bond acceptors (Lipinski definition) is 4. The van der Waals surface area contributed by atoms with E-state index in [0.29, 0.717) is 34.7 Å². The standard InChI is InChI=1S/C29H27ClF2O5/c1-18(33)37-28(2,17-19-8-15-24(31)25(16-19)36-23-6-4-3-5-7-23)29(32,27(34)35)26(20-9-10-20)21-11-13-22(30)14-12-21/h3-8,11-16,20,26H,9-10,17H2,1-2H3,(H,34,35)/t26-,28+,29-/m1/s1. The molecule has 37 heavy (non-hydrogen) atoms. The Hall–Kier alpha value is -3.45. The van der Waals surface area contributed by atoms with E-state index in [-0.39, 0.29) is 18.1 Å². The van der Waals surface area contributed by atoms with Crippen molar-refractivity contribution in [1.29, 1.82) is 0 Å². The summed E-state index contributed by atoms with van der Waals surface area (Å²) in [5.41, 5.74) is -4.37. The third kappa shape index (κ3) is 5.62. The molecule has 1 aliphatic rings. The van der Waals surface area contributed by atoms with Crippen molar-refractivity contribution < 1.29 is 33.0 Å². The fraction of sp³-hybridized carbons (Fsp3) is 0.310. The van der Waals surface area contributed by atoms with E-state index in [0.717, 1.165) is 13.0 Å². The minimum Gasteiger partial charge on any atom is -0.479 e. The monoisotopic (exact) mass is 528 g/mol. The molecular weight excluding hydrogens is 502 g/mol. The van der Waals surface area contributed by atoms with Crippen LogP contribution in [0.5, 0.6) is 11.5 Å². The molecule has 0 amide bonds. The maximum atomic E-state index is 17.3. The summed E-state index contributed by atoms with van der Waals surface area (Å²) in [6, 6.07) is 18.8. The molecule has 0 aliphatic heterocycles. The van der Waals surface area contributed by atoms with E-state index in [9.17, 15) is 19.1 Å². The van der Waals surface area contributed by atoms with Gasteiger partial charge in [-0.2, -0.15) is 0 Å². The predicted molar refractivity (Wildman–Crippen MR) is 135 cm³/mol. The fourth-order valence-electron chi connectivity index (χ4n) is 4.91. The van der Waals surface area contributed by atoms with Crippen LogP contribution in [0.1, 0.15) is 43.7 Å². The van der Waals surface area contributed by atoms with Crippen LogP contribution in [-0.2, 0) is 20.7 Å². The van der Waals surface area contributed by atoms with Gasteiger partial charge in [-0.1, -0.05) is 48.0 Å². The molecule has 4 rings (SSSR count). The second-order valence-corrected chi connectivity index (χ2v) is 10.0. The van der Waals surface area contributed by atoms with Crippen LogP contribution < -0.4 is 4.74 Å². The van der Waals surface area contributed by atoms with Crippen molar-refractivity contribution in [2.45, 2.75) is 50.3 Å². The number of hydrogen-bond donors (Lipinski definition) is 1. The van der Waals surface area contributed by atoms with Crippen molar-refractivity contribution in [3.63, 3.8) is 0 Å². The topological polar surface area (TPSA) is 72.8 Å². The lowest BCUT2D eigenvalue weighted by Crippen LogP contribution is -2.61. The predicted octanol–water partition coefficient (Wildman–Crippen LogP) is 7.12. The second-order valence-electron chi connectivity index (χ2n) is 9.56. The quantitative estimate of drug-likeness (QED) is 0.283. The Kier molecular flexibility index (Phi) is 7.55. The molecule has 0 saturated heterocycles. The van der Waals surface area contributed by atoms with Crippen molar-refractivity contribution in [2.75, 3.05) is 0 Å². The fourth-order valence-corrected chi connectivity index (χ4v) is 5.04. The van der Waals surface area contributed by atoms with Crippen molar-refractivity contribution >= 4 is 23.5 Å². The molecular formula is C29H27ClF2O5. The van der Waals surface area contributed by atoms with Crippen LogP contribution in [0.15, 0.2) is 72.8 Å². The molecule has 1 aliphatic carbocycles. The maximum absolute atomic E-state index is 17.3. The van der Waals surface area contributed by atoms with Gasteiger partial charge in [0.1, 0.15) is 5.75 Å². The minimum absolute atomic E-state index is 0.120. The van der Waals surface area contributed by atoms with E-state index >= 15 is 4.39 Å². The number of alkyl halides is 1. The molecule has 0 aromatic heterocycles. The van der Waals surface area contributed by atoms with Gasteiger partial charge in [0.2, 0.25) is 0 Å². The number of aliphatic carboxylic acids is 1. The van der Waals surface area contributed by atoms with Crippen LogP contribution in [0.25, 0.3) is 0 Å². The van der Waals surface area contributed by atoms with Gasteiger partial charge in [-0.3, -0.25) is 4.79 Å². The Balaban J connectivity index is 1.77. The Morgan fingerprint density at radius 1 is 1.08 bits per heavy atom. The SMILES string of the molecule is CC(=O)O[C@@](C)(Cc1ccc(F)c(Oc2ccccc2)c1)[C@](F)(C(=O)O)[C@@H](c1ccc(Cl)cc1)C1CC1. The zero-order valence-electron chi connectivity index (χ0n) is 20.4. The molecule has 0 bridgehead atoms. The summed E-state index contributed by atoms with van der Waals surface area (Å²) in [4.78, 5) is 24.9. The number of rotatable bonds is 10. The number of carboxylic acids is 1. The van der Waals surface area contributed by atoms with Crippen molar-refractivity contribution in [1.82, 2.24) is 0 Å². The molecule has 3 aromatic carbocycles. The van der Waals surface area contributed by atoms with Crippen LogP contribution in [0.3, 0.4) is 0 Å². The molecule has 1 saturated carbocycles. The normalized spacial score (nSPS) is 17.2. The molecule has 0 heterocycles. The number of benzene rings is 3. The van der Waals surface area contributed by atoms with E-state index in [1.165, 1.54) is 19.1 Å². The Morgan fingerprint density at radius 2 is 1.73 bits per heavy atom. The maximum Gasteiger partial charge on any atom is 0.346 e. The van der Waals surface area contributed by atoms with Gasteiger partial charge in [0.15, 0.2) is 17.2 Å². The highest BCUT2D eigenvalue weighted by Gasteiger charge is 2.65. The highest BCUT2D eigenvalue weighted by molar-refractivity contribution is 6.30. The molecule has 1 fully saturated rings. The summed E-state index contributed by atoms with van der Waals surface area (Å²) < 4.78 is 43.0. The number of carbonyl (C=O) groups is 2. The summed E-state index contributed by atoms with van der Waals surface area (Å²) >= 11 is 6.02. The van der Waals surface area contributed by atoms with Crippen LogP contribution in [0.4, 0.5) is 8.78 Å². The molecule has 1 N–H and O–H groups in total. The first-order valence-corrected chi connectivity index (χ1v) is 12.3. The summed E-state index contributed by atoms with van der Waals surface area (Å²) in [6.07, 6.45) is 0.930. The average Bonchev–Trinajstić information content (AvgIpc) is 3.67. The lowest BCUT2D eigenvalue weighted by atomic mass is 9.68.